The molecule has 2 N–H and O–H groups in total. The van der Waals surface area contributed by atoms with Crippen LogP contribution in [-0.4, -0.2) is 49.6 Å². The largest absolute Gasteiger partial charge is 0.462 e. The monoisotopic (exact) mass is 203 g/mol. The van der Waals surface area contributed by atoms with Gasteiger partial charge in [0.05, 0.1) is 12.7 Å². The maximum Gasteiger partial charge on any atom is 0.323 e. The smallest absolute Gasteiger partial charge is 0.323 e. The SMILES string of the molecule is CCOCCOC(=O)[C@@H]1C[C@@H](O)CN1. The van der Waals surface area contributed by atoms with Crippen molar-refractivity contribution >= 4 is 5.97 Å². The molecule has 1 aliphatic heterocycles. The summed E-state index contributed by atoms with van der Waals surface area (Å²) >= 11 is 0. The van der Waals surface area contributed by atoms with E-state index < -0.39 is 6.10 Å². The van der Waals surface area contributed by atoms with E-state index in [0.717, 1.165) is 0 Å². The number of aliphatic hydroxyl groups is 1. The van der Waals surface area contributed by atoms with Gasteiger partial charge in [-0.1, -0.05) is 0 Å². The second kappa shape index (κ2) is 5.95. The van der Waals surface area contributed by atoms with Crippen molar-refractivity contribution in [3.05, 3.63) is 0 Å². The van der Waals surface area contributed by atoms with Crippen molar-refractivity contribution in [1.29, 1.82) is 0 Å². The third kappa shape index (κ3) is 3.61. The van der Waals surface area contributed by atoms with Gasteiger partial charge in [-0.05, 0) is 6.92 Å². The van der Waals surface area contributed by atoms with Gasteiger partial charge in [0.25, 0.3) is 0 Å². The Balaban J connectivity index is 2.09. The summed E-state index contributed by atoms with van der Waals surface area (Å²) in [7, 11) is 0. The zero-order valence-electron chi connectivity index (χ0n) is 8.36. The first kappa shape index (κ1) is 11.4. The summed E-state index contributed by atoms with van der Waals surface area (Å²) in [5, 5.41) is 12.0. The third-order valence-electron chi connectivity index (χ3n) is 2.07. The van der Waals surface area contributed by atoms with E-state index in [1.807, 2.05) is 6.92 Å². The lowest BCUT2D eigenvalue weighted by Crippen LogP contribution is -2.33. The van der Waals surface area contributed by atoms with Gasteiger partial charge < -0.3 is 19.9 Å². The average molecular weight is 203 g/mol. The maximum atomic E-state index is 11.3. The van der Waals surface area contributed by atoms with E-state index in [-0.39, 0.29) is 18.6 Å². The first-order valence-corrected chi connectivity index (χ1v) is 4.90. The van der Waals surface area contributed by atoms with Crippen molar-refractivity contribution in [3.8, 4) is 0 Å². The van der Waals surface area contributed by atoms with Crippen LogP contribution >= 0.6 is 0 Å². The molecule has 0 aromatic rings. The van der Waals surface area contributed by atoms with Crippen LogP contribution in [0.5, 0.6) is 0 Å². The zero-order valence-corrected chi connectivity index (χ0v) is 8.36. The van der Waals surface area contributed by atoms with Crippen LogP contribution in [0, 0.1) is 0 Å². The van der Waals surface area contributed by atoms with E-state index in [4.69, 9.17) is 14.6 Å². The summed E-state index contributed by atoms with van der Waals surface area (Å²) in [6.07, 6.45) is 0.00689. The first-order valence-electron chi connectivity index (χ1n) is 4.90. The molecule has 5 heteroatoms. The predicted octanol–water partition coefficient (Wildman–Crippen LogP) is -0.711. The molecule has 2 atom stereocenters. The molecular formula is C9H17NO4. The van der Waals surface area contributed by atoms with Gasteiger partial charge in [0.1, 0.15) is 12.6 Å². The number of carbonyl (C=O) groups excluding carboxylic acids is 1. The Bertz CT molecular complexity index is 186. The molecule has 0 saturated carbocycles. The Labute approximate surface area is 83.4 Å². The van der Waals surface area contributed by atoms with Gasteiger partial charge in [-0.15, -0.1) is 0 Å². The Morgan fingerprint density at radius 1 is 1.57 bits per heavy atom. The van der Waals surface area contributed by atoms with Crippen molar-refractivity contribution in [2.24, 2.45) is 0 Å². The summed E-state index contributed by atoms with van der Waals surface area (Å²) in [5.74, 6) is -0.304. The maximum absolute atomic E-state index is 11.3. The number of esters is 1. The van der Waals surface area contributed by atoms with Crippen LogP contribution in [0.3, 0.4) is 0 Å². The predicted molar refractivity (Wildman–Crippen MR) is 49.9 cm³/mol. The average Bonchev–Trinajstić information content (AvgIpc) is 2.59. The second-order valence-corrected chi connectivity index (χ2v) is 3.21. The van der Waals surface area contributed by atoms with E-state index in [2.05, 4.69) is 5.32 Å². The van der Waals surface area contributed by atoms with Gasteiger partial charge in [0, 0.05) is 19.6 Å². The molecule has 1 fully saturated rings. The highest BCUT2D eigenvalue weighted by molar-refractivity contribution is 5.76. The van der Waals surface area contributed by atoms with E-state index >= 15 is 0 Å². The number of ether oxygens (including phenoxy) is 2. The molecule has 0 unspecified atom stereocenters. The van der Waals surface area contributed by atoms with Crippen LogP contribution < -0.4 is 5.32 Å². The minimum atomic E-state index is -0.431. The summed E-state index contributed by atoms with van der Waals surface area (Å²) in [6, 6.07) is -0.355. The molecule has 1 rings (SSSR count). The molecule has 0 aromatic carbocycles. The molecule has 82 valence electrons. The normalized spacial score (nSPS) is 26.4. The van der Waals surface area contributed by atoms with Crippen LogP contribution in [0.1, 0.15) is 13.3 Å². The van der Waals surface area contributed by atoms with Gasteiger partial charge in [0.2, 0.25) is 0 Å². The highest BCUT2D eigenvalue weighted by Gasteiger charge is 2.28. The first-order chi connectivity index (χ1) is 6.74. The van der Waals surface area contributed by atoms with Gasteiger partial charge >= 0.3 is 5.97 Å². The van der Waals surface area contributed by atoms with Crippen LogP contribution in [-0.2, 0) is 14.3 Å². The molecule has 1 aliphatic rings. The zero-order chi connectivity index (χ0) is 10.4. The summed E-state index contributed by atoms with van der Waals surface area (Å²) < 4.78 is 9.96. The fourth-order valence-corrected chi connectivity index (χ4v) is 1.34. The van der Waals surface area contributed by atoms with Crippen LogP contribution in [0.2, 0.25) is 0 Å². The summed E-state index contributed by atoms with van der Waals surface area (Å²) in [5.41, 5.74) is 0. The number of aliphatic hydroxyl groups excluding tert-OH is 1. The highest BCUT2D eigenvalue weighted by Crippen LogP contribution is 2.07. The van der Waals surface area contributed by atoms with E-state index in [1.54, 1.807) is 0 Å². The quantitative estimate of drug-likeness (QED) is 0.456. The molecule has 0 spiro atoms. The summed E-state index contributed by atoms with van der Waals surface area (Å²) in [6.45, 7) is 3.68. The third-order valence-corrected chi connectivity index (χ3v) is 2.07. The molecule has 0 bridgehead atoms. The molecule has 0 aromatic heterocycles. The number of hydrogen-bond donors (Lipinski definition) is 2. The van der Waals surface area contributed by atoms with Crippen molar-refractivity contribution in [1.82, 2.24) is 5.32 Å². The number of rotatable bonds is 5. The lowest BCUT2D eigenvalue weighted by atomic mass is 10.2. The van der Waals surface area contributed by atoms with Gasteiger partial charge in [-0.2, -0.15) is 0 Å². The van der Waals surface area contributed by atoms with Gasteiger partial charge in [0.15, 0.2) is 0 Å². The van der Waals surface area contributed by atoms with Crippen LogP contribution in [0.4, 0.5) is 0 Å². The number of nitrogens with one attached hydrogen (secondary N) is 1. The standard InChI is InChI=1S/C9H17NO4/c1-2-13-3-4-14-9(12)8-5-7(11)6-10-8/h7-8,10-11H,2-6H2,1H3/t7-,8+/m1/s1. The molecule has 0 amide bonds. The number of β-amino-alcohol motifs (C(OH)–C–C–N with tert-alkyl or cyclic N) is 1. The molecule has 5 nitrogen and oxygen atoms in total. The minimum Gasteiger partial charge on any atom is -0.462 e. The molecule has 14 heavy (non-hydrogen) atoms. The van der Waals surface area contributed by atoms with E-state index in [1.165, 1.54) is 0 Å². The Morgan fingerprint density at radius 2 is 2.36 bits per heavy atom. The Hall–Kier alpha value is -0.650. The summed E-state index contributed by atoms with van der Waals surface area (Å²) in [4.78, 5) is 11.3. The van der Waals surface area contributed by atoms with E-state index in [0.29, 0.717) is 26.2 Å². The molecule has 1 heterocycles. The molecule has 0 aliphatic carbocycles. The minimum absolute atomic E-state index is 0.279. The number of carbonyl (C=O) groups is 1. The second-order valence-electron chi connectivity index (χ2n) is 3.21. The van der Waals surface area contributed by atoms with Crippen molar-refractivity contribution < 1.29 is 19.4 Å². The topological polar surface area (TPSA) is 67.8 Å². The highest BCUT2D eigenvalue weighted by atomic mass is 16.6. The van der Waals surface area contributed by atoms with Crippen molar-refractivity contribution in [3.63, 3.8) is 0 Å². The van der Waals surface area contributed by atoms with Crippen molar-refractivity contribution in [2.75, 3.05) is 26.4 Å². The van der Waals surface area contributed by atoms with E-state index in [9.17, 15) is 4.79 Å². The van der Waals surface area contributed by atoms with Gasteiger partial charge in [-0.25, -0.2) is 0 Å². The molecular weight excluding hydrogens is 186 g/mol. The van der Waals surface area contributed by atoms with Crippen LogP contribution in [0.25, 0.3) is 0 Å². The van der Waals surface area contributed by atoms with Gasteiger partial charge in [-0.3, -0.25) is 4.79 Å². The number of hydrogen-bond acceptors (Lipinski definition) is 5. The van der Waals surface area contributed by atoms with Crippen LogP contribution in [0.15, 0.2) is 0 Å². The molecule has 1 saturated heterocycles. The lowest BCUT2D eigenvalue weighted by Gasteiger charge is -2.09. The lowest BCUT2D eigenvalue weighted by molar-refractivity contribution is -0.147. The Kier molecular flexibility index (Phi) is 4.86. The fraction of sp³-hybridized carbons (Fsp3) is 0.889. The molecule has 0 radical (unpaired) electrons. The van der Waals surface area contributed by atoms with Crippen molar-refractivity contribution in [2.45, 2.75) is 25.5 Å². The Morgan fingerprint density at radius 3 is 2.93 bits per heavy atom. The fourth-order valence-electron chi connectivity index (χ4n) is 1.34.